The molecule has 0 amide bonds. The molecule has 4 heteroatoms. The van der Waals surface area contributed by atoms with Crippen LogP contribution >= 0.6 is 0 Å². The van der Waals surface area contributed by atoms with Crippen LogP contribution in [0.5, 0.6) is 0 Å². The lowest BCUT2D eigenvalue weighted by atomic mass is 10.1. The van der Waals surface area contributed by atoms with Gasteiger partial charge in [-0.15, -0.1) is 0 Å². The van der Waals surface area contributed by atoms with Crippen molar-refractivity contribution in [2.45, 2.75) is 24.5 Å². The molecule has 0 spiro atoms. The summed E-state index contributed by atoms with van der Waals surface area (Å²) in [6, 6.07) is 9.44. The number of hydrogen-bond acceptors (Lipinski definition) is 2. The van der Waals surface area contributed by atoms with Crippen molar-refractivity contribution in [1.82, 2.24) is 4.72 Å². The third-order valence-corrected chi connectivity index (χ3v) is 4.61. The van der Waals surface area contributed by atoms with Gasteiger partial charge in [-0.1, -0.05) is 36.8 Å². The Morgan fingerprint density at radius 3 is 2.60 bits per heavy atom. The maximum absolute atomic E-state index is 11.9. The van der Waals surface area contributed by atoms with Gasteiger partial charge in [0.2, 0.25) is 10.0 Å². The summed E-state index contributed by atoms with van der Waals surface area (Å²) >= 11 is 0. The van der Waals surface area contributed by atoms with Crippen molar-refractivity contribution in [2.75, 3.05) is 6.54 Å². The summed E-state index contributed by atoms with van der Waals surface area (Å²) in [7, 11) is -3.16. The summed E-state index contributed by atoms with van der Waals surface area (Å²) in [5, 5.41) is -0.374. The third-order valence-electron chi connectivity index (χ3n) is 2.74. The number of hydrogen-bond donors (Lipinski definition) is 1. The lowest BCUT2D eigenvalue weighted by molar-refractivity contribution is 0.571. The second kappa shape index (κ2) is 4.33. The minimum atomic E-state index is -3.16. The van der Waals surface area contributed by atoms with Gasteiger partial charge in [0.1, 0.15) is 5.25 Å². The quantitative estimate of drug-likeness (QED) is 0.792. The van der Waals surface area contributed by atoms with E-state index < -0.39 is 10.0 Å². The number of rotatable bonds is 1. The molecule has 0 aliphatic carbocycles. The van der Waals surface area contributed by atoms with E-state index in [-0.39, 0.29) is 5.25 Å². The molecule has 1 heterocycles. The summed E-state index contributed by atoms with van der Waals surface area (Å²) in [5.41, 5.74) is 0.895. The standard InChI is InChI=1S/C11H15NO2S/c13-15(14)11(8-4-5-9-12-15)10-6-2-1-3-7-10/h1-3,6-7,11-12H,4-5,8-9H2. The van der Waals surface area contributed by atoms with Crippen LogP contribution in [0, 0.1) is 0 Å². The maximum Gasteiger partial charge on any atom is 0.218 e. The second-order valence-electron chi connectivity index (χ2n) is 3.83. The zero-order chi connectivity index (χ0) is 10.7. The van der Waals surface area contributed by atoms with Crippen molar-refractivity contribution >= 4 is 10.0 Å². The monoisotopic (exact) mass is 225 g/mol. The van der Waals surface area contributed by atoms with Crippen molar-refractivity contribution in [3.8, 4) is 0 Å². The van der Waals surface area contributed by atoms with Crippen molar-refractivity contribution in [3.63, 3.8) is 0 Å². The van der Waals surface area contributed by atoms with Crippen LogP contribution in [-0.2, 0) is 10.0 Å². The molecule has 3 nitrogen and oxygen atoms in total. The highest BCUT2D eigenvalue weighted by Crippen LogP contribution is 2.28. The first-order valence-electron chi connectivity index (χ1n) is 5.23. The van der Waals surface area contributed by atoms with Crippen LogP contribution < -0.4 is 4.72 Å². The first kappa shape index (κ1) is 10.6. The Hall–Kier alpha value is -0.870. The van der Waals surface area contributed by atoms with E-state index in [1.54, 1.807) is 0 Å². The van der Waals surface area contributed by atoms with Crippen LogP contribution in [0.25, 0.3) is 0 Å². The third kappa shape index (κ3) is 2.38. The van der Waals surface area contributed by atoms with Gasteiger partial charge >= 0.3 is 0 Å². The molecule has 1 aromatic carbocycles. The highest BCUT2D eigenvalue weighted by Gasteiger charge is 2.28. The highest BCUT2D eigenvalue weighted by atomic mass is 32.2. The molecule has 1 unspecified atom stereocenters. The van der Waals surface area contributed by atoms with Gasteiger partial charge in [-0.25, -0.2) is 13.1 Å². The van der Waals surface area contributed by atoms with E-state index in [4.69, 9.17) is 0 Å². The molecule has 0 radical (unpaired) electrons. The van der Waals surface area contributed by atoms with Gasteiger partial charge in [-0.05, 0) is 18.4 Å². The molecule has 1 N–H and O–H groups in total. The lowest BCUT2D eigenvalue weighted by Gasteiger charge is -2.14. The predicted molar refractivity (Wildman–Crippen MR) is 60.0 cm³/mol. The molecule has 1 aliphatic heterocycles. The Bertz CT molecular complexity index is 413. The predicted octanol–water partition coefficient (Wildman–Crippen LogP) is 1.83. The SMILES string of the molecule is O=S1(=O)NCCCCC1c1ccccc1. The fourth-order valence-electron chi connectivity index (χ4n) is 1.94. The molecule has 1 atom stereocenters. The number of benzene rings is 1. The summed E-state index contributed by atoms with van der Waals surface area (Å²) in [4.78, 5) is 0. The van der Waals surface area contributed by atoms with Crippen LogP contribution in [0.1, 0.15) is 30.1 Å². The average Bonchev–Trinajstić information content (AvgIpc) is 2.40. The van der Waals surface area contributed by atoms with E-state index in [2.05, 4.69) is 4.72 Å². The summed E-state index contributed by atoms with van der Waals surface area (Å²) in [6.07, 6.45) is 2.62. The molecule has 82 valence electrons. The number of nitrogens with one attached hydrogen (secondary N) is 1. The Kier molecular flexibility index (Phi) is 3.07. The van der Waals surface area contributed by atoms with E-state index in [0.717, 1.165) is 24.8 Å². The van der Waals surface area contributed by atoms with Gasteiger partial charge in [-0.3, -0.25) is 0 Å². The Balaban J connectivity index is 2.34. The van der Waals surface area contributed by atoms with Gasteiger partial charge in [0.25, 0.3) is 0 Å². The maximum atomic E-state index is 11.9. The van der Waals surface area contributed by atoms with E-state index in [1.807, 2.05) is 30.3 Å². The second-order valence-corrected chi connectivity index (χ2v) is 5.78. The first-order valence-corrected chi connectivity index (χ1v) is 6.78. The van der Waals surface area contributed by atoms with Gasteiger partial charge in [0.05, 0.1) is 0 Å². The summed E-state index contributed by atoms with van der Waals surface area (Å²) in [5.74, 6) is 0. The molecule has 1 aromatic rings. The van der Waals surface area contributed by atoms with Crippen molar-refractivity contribution in [2.24, 2.45) is 0 Å². The molecule has 0 aromatic heterocycles. The lowest BCUT2D eigenvalue weighted by Crippen LogP contribution is -2.27. The van der Waals surface area contributed by atoms with E-state index >= 15 is 0 Å². The van der Waals surface area contributed by atoms with Crippen molar-refractivity contribution in [3.05, 3.63) is 35.9 Å². The number of sulfonamides is 1. The molecule has 0 bridgehead atoms. The van der Waals surface area contributed by atoms with Gasteiger partial charge in [0.15, 0.2) is 0 Å². The zero-order valence-corrected chi connectivity index (χ0v) is 9.33. The van der Waals surface area contributed by atoms with Gasteiger partial charge in [0, 0.05) is 6.54 Å². The Labute approximate surface area is 90.6 Å². The molecular weight excluding hydrogens is 210 g/mol. The fourth-order valence-corrected chi connectivity index (χ4v) is 3.56. The van der Waals surface area contributed by atoms with E-state index in [9.17, 15) is 8.42 Å². The van der Waals surface area contributed by atoms with Crippen LogP contribution in [0.15, 0.2) is 30.3 Å². The van der Waals surface area contributed by atoms with Crippen molar-refractivity contribution in [1.29, 1.82) is 0 Å². The van der Waals surface area contributed by atoms with Gasteiger partial charge in [-0.2, -0.15) is 0 Å². The first-order chi connectivity index (χ1) is 7.20. The molecule has 1 fully saturated rings. The van der Waals surface area contributed by atoms with Crippen LogP contribution in [0.4, 0.5) is 0 Å². The topological polar surface area (TPSA) is 46.2 Å². The van der Waals surface area contributed by atoms with Crippen LogP contribution in [0.2, 0.25) is 0 Å². The fraction of sp³-hybridized carbons (Fsp3) is 0.455. The average molecular weight is 225 g/mol. The molecule has 1 aliphatic rings. The van der Waals surface area contributed by atoms with Crippen molar-refractivity contribution < 1.29 is 8.42 Å². The Morgan fingerprint density at radius 1 is 1.13 bits per heavy atom. The zero-order valence-electron chi connectivity index (χ0n) is 8.52. The highest BCUT2D eigenvalue weighted by molar-refractivity contribution is 7.89. The van der Waals surface area contributed by atoms with Gasteiger partial charge < -0.3 is 0 Å². The molecule has 1 saturated heterocycles. The molecule has 2 rings (SSSR count). The Morgan fingerprint density at radius 2 is 1.87 bits per heavy atom. The van der Waals surface area contributed by atoms with E-state index in [0.29, 0.717) is 6.54 Å². The van der Waals surface area contributed by atoms with E-state index in [1.165, 1.54) is 0 Å². The minimum absolute atomic E-state index is 0.374. The molecule has 0 saturated carbocycles. The summed E-state index contributed by atoms with van der Waals surface area (Å²) in [6.45, 7) is 0.575. The minimum Gasteiger partial charge on any atom is -0.215 e. The largest absolute Gasteiger partial charge is 0.218 e. The molecule has 15 heavy (non-hydrogen) atoms. The van der Waals surface area contributed by atoms with Crippen LogP contribution in [-0.4, -0.2) is 15.0 Å². The summed E-state index contributed by atoms with van der Waals surface area (Å²) < 4.78 is 26.4. The smallest absolute Gasteiger partial charge is 0.215 e. The normalized spacial score (nSPS) is 25.7. The van der Waals surface area contributed by atoms with Crippen LogP contribution in [0.3, 0.4) is 0 Å². The molecular formula is C11H15NO2S.